The summed E-state index contributed by atoms with van der Waals surface area (Å²) in [6, 6.07) is 5.28. The summed E-state index contributed by atoms with van der Waals surface area (Å²) in [6.45, 7) is 6.15. The number of fused-ring (bicyclic) bond motifs is 1. The maximum Gasteiger partial charge on any atom is 0.251 e. The summed E-state index contributed by atoms with van der Waals surface area (Å²) in [5.41, 5.74) is 3.25. The fourth-order valence-electron chi connectivity index (χ4n) is 3.32. The smallest absolute Gasteiger partial charge is 0.251 e. The van der Waals surface area contributed by atoms with Gasteiger partial charge >= 0.3 is 0 Å². The van der Waals surface area contributed by atoms with Crippen LogP contribution < -0.4 is 14.8 Å². The molecule has 1 aromatic carbocycles. The van der Waals surface area contributed by atoms with Crippen molar-refractivity contribution in [2.24, 2.45) is 0 Å². The molecule has 2 aromatic rings. The zero-order chi connectivity index (χ0) is 18.4. The van der Waals surface area contributed by atoms with Gasteiger partial charge in [-0.25, -0.2) is 0 Å². The van der Waals surface area contributed by atoms with Gasteiger partial charge in [0.15, 0.2) is 11.5 Å². The van der Waals surface area contributed by atoms with Crippen LogP contribution in [0.3, 0.4) is 0 Å². The fraction of sp³-hybridized carbons (Fsp3) is 0.500. The van der Waals surface area contributed by atoms with Gasteiger partial charge in [-0.15, -0.1) is 0 Å². The van der Waals surface area contributed by atoms with E-state index in [4.69, 9.17) is 9.47 Å². The number of ether oxygens (including phenoxy) is 2. The van der Waals surface area contributed by atoms with Crippen LogP contribution in [0.4, 0.5) is 0 Å². The van der Waals surface area contributed by atoms with Crippen LogP contribution in [0.25, 0.3) is 0 Å². The molecule has 1 N–H and O–H groups in total. The van der Waals surface area contributed by atoms with Crippen molar-refractivity contribution < 1.29 is 14.3 Å². The van der Waals surface area contributed by atoms with Crippen LogP contribution in [0.5, 0.6) is 11.5 Å². The average molecular weight is 357 g/mol. The molecule has 0 radical (unpaired) electrons. The Morgan fingerprint density at radius 1 is 1.15 bits per heavy atom. The van der Waals surface area contributed by atoms with Gasteiger partial charge in [0.25, 0.3) is 5.91 Å². The first-order chi connectivity index (χ1) is 12.7. The molecule has 0 aliphatic heterocycles. The van der Waals surface area contributed by atoms with E-state index in [1.54, 1.807) is 18.2 Å². The molecule has 1 aliphatic carbocycles. The molecule has 1 aliphatic rings. The van der Waals surface area contributed by atoms with Crippen LogP contribution in [0.2, 0.25) is 0 Å². The Balaban J connectivity index is 1.59. The molecule has 0 bridgehead atoms. The summed E-state index contributed by atoms with van der Waals surface area (Å²) in [5.74, 6) is 1.15. The van der Waals surface area contributed by atoms with E-state index in [1.807, 2.05) is 24.7 Å². The van der Waals surface area contributed by atoms with E-state index in [0.717, 1.165) is 12.8 Å². The van der Waals surface area contributed by atoms with Gasteiger partial charge < -0.3 is 14.8 Å². The second-order valence-electron chi connectivity index (χ2n) is 6.33. The van der Waals surface area contributed by atoms with E-state index in [0.29, 0.717) is 43.4 Å². The van der Waals surface area contributed by atoms with E-state index in [1.165, 1.54) is 24.1 Å². The number of aryl methyl sites for hydroxylation is 1. The molecule has 26 heavy (non-hydrogen) atoms. The minimum atomic E-state index is -0.116. The van der Waals surface area contributed by atoms with Crippen molar-refractivity contribution in [3.8, 4) is 11.5 Å². The van der Waals surface area contributed by atoms with Gasteiger partial charge in [0.2, 0.25) is 0 Å². The zero-order valence-corrected chi connectivity index (χ0v) is 15.6. The second kappa shape index (κ2) is 8.74. The molecule has 1 amide bonds. The standard InChI is InChI=1S/C20H27N3O3/c1-3-25-18-10-9-15(13-19(18)26-4-2)20(24)21-11-12-23-17-8-6-5-7-16(17)14-22-23/h9-10,13-14H,3-8,11-12H2,1-2H3,(H,21,24). The lowest BCUT2D eigenvalue weighted by Crippen LogP contribution is -2.28. The van der Waals surface area contributed by atoms with Crippen molar-refractivity contribution >= 4 is 5.91 Å². The van der Waals surface area contributed by atoms with Crippen LogP contribution in [-0.4, -0.2) is 35.4 Å². The Hall–Kier alpha value is -2.50. The molecule has 0 saturated heterocycles. The number of rotatable bonds is 8. The summed E-state index contributed by atoms with van der Waals surface area (Å²) < 4.78 is 13.2. The third-order valence-electron chi connectivity index (χ3n) is 4.56. The maximum atomic E-state index is 12.5. The summed E-state index contributed by atoms with van der Waals surface area (Å²) in [5, 5.41) is 7.44. The number of carbonyl (C=O) groups is 1. The molecule has 0 spiro atoms. The van der Waals surface area contributed by atoms with Gasteiger partial charge in [0.1, 0.15) is 0 Å². The first-order valence-electron chi connectivity index (χ1n) is 9.44. The molecule has 6 nitrogen and oxygen atoms in total. The SMILES string of the molecule is CCOc1ccc(C(=O)NCCn2ncc3c2CCCC3)cc1OCC. The van der Waals surface area contributed by atoms with Crippen molar-refractivity contribution in [1.82, 2.24) is 15.1 Å². The van der Waals surface area contributed by atoms with E-state index >= 15 is 0 Å². The summed E-state index contributed by atoms with van der Waals surface area (Å²) in [4.78, 5) is 12.5. The lowest BCUT2D eigenvalue weighted by molar-refractivity contribution is 0.0951. The predicted molar refractivity (Wildman–Crippen MR) is 100.0 cm³/mol. The number of aromatic nitrogens is 2. The van der Waals surface area contributed by atoms with E-state index in [9.17, 15) is 4.79 Å². The van der Waals surface area contributed by atoms with Crippen molar-refractivity contribution in [3.63, 3.8) is 0 Å². The number of hydrogen-bond donors (Lipinski definition) is 1. The Kier molecular flexibility index (Phi) is 6.15. The van der Waals surface area contributed by atoms with Gasteiger partial charge in [-0.2, -0.15) is 5.10 Å². The molecule has 0 atom stereocenters. The number of carbonyl (C=O) groups excluding carboxylic acids is 1. The van der Waals surface area contributed by atoms with Gasteiger partial charge in [-0.3, -0.25) is 9.48 Å². The highest BCUT2D eigenvalue weighted by atomic mass is 16.5. The largest absolute Gasteiger partial charge is 0.490 e. The van der Waals surface area contributed by atoms with Crippen LogP contribution in [0.1, 0.15) is 48.3 Å². The Bertz CT molecular complexity index is 755. The van der Waals surface area contributed by atoms with E-state index in [-0.39, 0.29) is 5.91 Å². The Morgan fingerprint density at radius 3 is 2.73 bits per heavy atom. The monoisotopic (exact) mass is 357 g/mol. The van der Waals surface area contributed by atoms with Crippen molar-refractivity contribution in [2.45, 2.75) is 46.1 Å². The highest BCUT2D eigenvalue weighted by Gasteiger charge is 2.15. The molecule has 0 unspecified atom stereocenters. The van der Waals surface area contributed by atoms with Gasteiger partial charge in [-0.05, 0) is 63.3 Å². The molecule has 140 valence electrons. The first-order valence-corrected chi connectivity index (χ1v) is 9.44. The summed E-state index contributed by atoms with van der Waals surface area (Å²) in [6.07, 6.45) is 6.64. The molecule has 0 saturated carbocycles. The quantitative estimate of drug-likeness (QED) is 0.789. The van der Waals surface area contributed by atoms with Crippen molar-refractivity contribution in [3.05, 3.63) is 41.2 Å². The highest BCUT2D eigenvalue weighted by molar-refractivity contribution is 5.94. The molecule has 1 heterocycles. The van der Waals surface area contributed by atoms with Crippen LogP contribution in [0.15, 0.2) is 24.4 Å². The lowest BCUT2D eigenvalue weighted by Gasteiger charge is -2.14. The number of nitrogens with one attached hydrogen (secondary N) is 1. The number of hydrogen-bond acceptors (Lipinski definition) is 4. The van der Waals surface area contributed by atoms with Crippen LogP contribution >= 0.6 is 0 Å². The van der Waals surface area contributed by atoms with E-state index in [2.05, 4.69) is 10.4 Å². The molecular formula is C20H27N3O3. The van der Waals surface area contributed by atoms with Crippen molar-refractivity contribution in [1.29, 1.82) is 0 Å². The van der Waals surface area contributed by atoms with Crippen molar-refractivity contribution in [2.75, 3.05) is 19.8 Å². The normalized spacial score (nSPS) is 13.2. The fourth-order valence-corrected chi connectivity index (χ4v) is 3.32. The second-order valence-corrected chi connectivity index (χ2v) is 6.33. The van der Waals surface area contributed by atoms with Crippen LogP contribution in [-0.2, 0) is 19.4 Å². The number of amides is 1. The zero-order valence-electron chi connectivity index (χ0n) is 15.6. The maximum absolute atomic E-state index is 12.5. The summed E-state index contributed by atoms with van der Waals surface area (Å²) in [7, 11) is 0. The van der Waals surface area contributed by atoms with Gasteiger partial charge in [0, 0.05) is 17.8 Å². The minimum absolute atomic E-state index is 0.116. The molecule has 1 aromatic heterocycles. The van der Waals surface area contributed by atoms with E-state index < -0.39 is 0 Å². The summed E-state index contributed by atoms with van der Waals surface area (Å²) >= 11 is 0. The number of benzene rings is 1. The third-order valence-corrected chi connectivity index (χ3v) is 4.56. The molecule has 6 heteroatoms. The lowest BCUT2D eigenvalue weighted by atomic mass is 9.98. The van der Waals surface area contributed by atoms with Gasteiger partial charge in [-0.1, -0.05) is 0 Å². The average Bonchev–Trinajstić information content (AvgIpc) is 3.07. The van der Waals surface area contributed by atoms with Gasteiger partial charge in [0.05, 0.1) is 26.0 Å². The first kappa shape index (κ1) is 18.3. The number of nitrogens with zero attached hydrogens (tertiary/aromatic N) is 2. The third kappa shape index (κ3) is 4.18. The minimum Gasteiger partial charge on any atom is -0.490 e. The topological polar surface area (TPSA) is 65.4 Å². The van der Waals surface area contributed by atoms with Crippen LogP contribution in [0, 0.1) is 0 Å². The Labute approximate surface area is 154 Å². The predicted octanol–water partition coefficient (Wildman–Crippen LogP) is 2.99. The molecular weight excluding hydrogens is 330 g/mol. The Morgan fingerprint density at radius 2 is 1.92 bits per heavy atom. The molecule has 3 rings (SSSR count). The highest BCUT2D eigenvalue weighted by Crippen LogP contribution is 2.28. The molecule has 0 fully saturated rings.